The Morgan fingerprint density at radius 1 is 1.12 bits per heavy atom. The van der Waals surface area contributed by atoms with Crippen LogP contribution in [0, 0.1) is 0 Å². The van der Waals surface area contributed by atoms with E-state index in [1.165, 1.54) is 4.31 Å². The highest BCUT2D eigenvalue weighted by Crippen LogP contribution is 2.31. The molecule has 26 heavy (non-hydrogen) atoms. The molecule has 0 saturated carbocycles. The van der Waals surface area contributed by atoms with Gasteiger partial charge in [-0.05, 0) is 37.1 Å². The van der Waals surface area contributed by atoms with Gasteiger partial charge < -0.3 is 9.73 Å². The second-order valence-corrected chi connectivity index (χ2v) is 8.62. The Balaban J connectivity index is 1.63. The van der Waals surface area contributed by atoms with Gasteiger partial charge in [0, 0.05) is 23.0 Å². The number of anilines is 1. The fourth-order valence-electron chi connectivity index (χ4n) is 3.59. The molecule has 1 aliphatic heterocycles. The van der Waals surface area contributed by atoms with Crippen LogP contribution in [0.2, 0.25) is 0 Å². The first-order chi connectivity index (χ1) is 12.4. The standard InChI is InChI=1S/C19H20N2O4S/c1-26(23,24)21-11-5-4-7-16(21)19(22)20-13-9-10-18-15(12-13)14-6-2-3-8-17(14)25-18/h2-3,6,8-10,12,16H,4-5,7,11H2,1H3,(H,20,22). The first-order valence-corrected chi connectivity index (χ1v) is 10.5. The van der Waals surface area contributed by atoms with Crippen molar-refractivity contribution in [3.8, 4) is 0 Å². The summed E-state index contributed by atoms with van der Waals surface area (Å²) in [4.78, 5) is 12.7. The Morgan fingerprint density at radius 2 is 1.88 bits per heavy atom. The van der Waals surface area contributed by atoms with Crippen molar-refractivity contribution < 1.29 is 17.6 Å². The lowest BCUT2D eigenvalue weighted by atomic mass is 10.0. The van der Waals surface area contributed by atoms with Gasteiger partial charge in [0.15, 0.2) is 0 Å². The second-order valence-electron chi connectivity index (χ2n) is 6.68. The van der Waals surface area contributed by atoms with E-state index in [0.717, 1.165) is 41.0 Å². The Labute approximate surface area is 151 Å². The molecule has 4 rings (SSSR count). The average molecular weight is 372 g/mol. The monoisotopic (exact) mass is 372 g/mol. The molecule has 1 aliphatic rings. The largest absolute Gasteiger partial charge is 0.456 e. The molecular formula is C19H20N2O4S. The number of fused-ring (bicyclic) bond motifs is 3. The van der Waals surface area contributed by atoms with Crippen molar-refractivity contribution >= 4 is 43.6 Å². The quantitative estimate of drug-likeness (QED) is 0.765. The summed E-state index contributed by atoms with van der Waals surface area (Å²) in [6.07, 6.45) is 3.32. The van der Waals surface area contributed by atoms with Gasteiger partial charge in [-0.15, -0.1) is 0 Å². The molecule has 1 fully saturated rings. The molecule has 0 bridgehead atoms. The number of sulfonamides is 1. The summed E-state index contributed by atoms with van der Waals surface area (Å²) in [6.45, 7) is 0.391. The maximum absolute atomic E-state index is 12.7. The molecular weight excluding hydrogens is 352 g/mol. The zero-order chi connectivity index (χ0) is 18.3. The minimum atomic E-state index is -3.41. The van der Waals surface area contributed by atoms with Crippen molar-refractivity contribution in [3.63, 3.8) is 0 Å². The third-order valence-electron chi connectivity index (χ3n) is 4.83. The van der Waals surface area contributed by atoms with Crippen LogP contribution in [0.3, 0.4) is 0 Å². The van der Waals surface area contributed by atoms with Gasteiger partial charge in [0.05, 0.1) is 6.26 Å². The summed E-state index contributed by atoms with van der Waals surface area (Å²) >= 11 is 0. The molecule has 3 aromatic rings. The lowest BCUT2D eigenvalue weighted by molar-refractivity contribution is -0.120. The Bertz CT molecular complexity index is 1090. The SMILES string of the molecule is CS(=O)(=O)N1CCCCC1C(=O)Nc1ccc2oc3ccccc3c2c1. The van der Waals surface area contributed by atoms with E-state index in [1.54, 1.807) is 6.07 Å². The molecule has 1 atom stereocenters. The van der Waals surface area contributed by atoms with E-state index in [2.05, 4.69) is 5.32 Å². The van der Waals surface area contributed by atoms with Gasteiger partial charge in [-0.1, -0.05) is 24.6 Å². The van der Waals surface area contributed by atoms with Crippen LogP contribution in [-0.2, 0) is 14.8 Å². The third-order valence-corrected chi connectivity index (χ3v) is 6.12. The number of para-hydroxylation sites is 1. The molecule has 1 saturated heterocycles. The summed E-state index contributed by atoms with van der Waals surface area (Å²) in [5, 5.41) is 4.77. The van der Waals surface area contributed by atoms with Crippen LogP contribution in [0.15, 0.2) is 46.9 Å². The number of furan rings is 1. The Kier molecular flexibility index (Phi) is 4.20. The molecule has 1 amide bonds. The van der Waals surface area contributed by atoms with Crippen LogP contribution in [0.5, 0.6) is 0 Å². The van der Waals surface area contributed by atoms with Crippen LogP contribution >= 0.6 is 0 Å². The zero-order valence-electron chi connectivity index (χ0n) is 14.4. The van der Waals surface area contributed by atoms with Crippen molar-refractivity contribution in [1.82, 2.24) is 4.31 Å². The summed E-state index contributed by atoms with van der Waals surface area (Å²) < 4.78 is 31.0. The highest BCUT2D eigenvalue weighted by Gasteiger charge is 2.34. The molecule has 1 N–H and O–H groups in total. The van der Waals surface area contributed by atoms with Crippen molar-refractivity contribution in [2.75, 3.05) is 18.1 Å². The fraction of sp³-hybridized carbons (Fsp3) is 0.316. The second kappa shape index (κ2) is 6.41. The van der Waals surface area contributed by atoms with Crippen molar-refractivity contribution in [1.29, 1.82) is 0 Å². The van der Waals surface area contributed by atoms with Gasteiger partial charge >= 0.3 is 0 Å². The van der Waals surface area contributed by atoms with Crippen LogP contribution in [0.1, 0.15) is 19.3 Å². The number of rotatable bonds is 3. The first kappa shape index (κ1) is 17.1. The van der Waals surface area contributed by atoms with E-state index >= 15 is 0 Å². The number of amides is 1. The molecule has 136 valence electrons. The number of carbonyl (C=O) groups excluding carboxylic acids is 1. The summed E-state index contributed by atoms with van der Waals surface area (Å²) in [6, 6.07) is 12.5. The maximum Gasteiger partial charge on any atom is 0.242 e. The molecule has 2 aromatic carbocycles. The summed E-state index contributed by atoms with van der Waals surface area (Å²) in [5.41, 5.74) is 2.18. The van der Waals surface area contributed by atoms with E-state index in [1.807, 2.05) is 36.4 Å². The molecule has 1 unspecified atom stereocenters. The molecule has 7 heteroatoms. The van der Waals surface area contributed by atoms with Gasteiger partial charge in [0.25, 0.3) is 0 Å². The van der Waals surface area contributed by atoms with E-state index in [9.17, 15) is 13.2 Å². The Hall–Kier alpha value is -2.38. The van der Waals surface area contributed by atoms with Crippen molar-refractivity contribution in [3.05, 3.63) is 42.5 Å². The fourth-order valence-corrected chi connectivity index (χ4v) is 4.72. The average Bonchev–Trinajstić information content (AvgIpc) is 2.99. The minimum Gasteiger partial charge on any atom is -0.456 e. The van der Waals surface area contributed by atoms with Gasteiger partial charge in [0.2, 0.25) is 15.9 Å². The van der Waals surface area contributed by atoms with Gasteiger partial charge in [-0.25, -0.2) is 8.42 Å². The van der Waals surface area contributed by atoms with Crippen LogP contribution in [-0.4, -0.2) is 37.5 Å². The highest BCUT2D eigenvalue weighted by atomic mass is 32.2. The van der Waals surface area contributed by atoms with Gasteiger partial charge in [0.1, 0.15) is 17.2 Å². The Morgan fingerprint density at radius 3 is 2.69 bits per heavy atom. The van der Waals surface area contributed by atoms with E-state index in [4.69, 9.17) is 4.42 Å². The number of piperidine rings is 1. The minimum absolute atomic E-state index is 0.290. The lowest BCUT2D eigenvalue weighted by Crippen LogP contribution is -2.49. The zero-order valence-corrected chi connectivity index (χ0v) is 15.3. The van der Waals surface area contributed by atoms with Crippen molar-refractivity contribution in [2.45, 2.75) is 25.3 Å². The van der Waals surface area contributed by atoms with Gasteiger partial charge in [-0.3, -0.25) is 4.79 Å². The lowest BCUT2D eigenvalue weighted by Gasteiger charge is -2.32. The van der Waals surface area contributed by atoms with Crippen LogP contribution < -0.4 is 5.32 Å². The van der Waals surface area contributed by atoms with Gasteiger partial charge in [-0.2, -0.15) is 4.31 Å². The van der Waals surface area contributed by atoms with E-state index in [-0.39, 0.29) is 5.91 Å². The predicted octanol–water partition coefficient (Wildman–Crippen LogP) is 3.34. The highest BCUT2D eigenvalue weighted by molar-refractivity contribution is 7.88. The van der Waals surface area contributed by atoms with Crippen LogP contribution in [0.25, 0.3) is 21.9 Å². The number of carbonyl (C=O) groups is 1. The molecule has 0 spiro atoms. The van der Waals surface area contributed by atoms with E-state index in [0.29, 0.717) is 18.7 Å². The topological polar surface area (TPSA) is 79.6 Å². The number of hydrogen-bond acceptors (Lipinski definition) is 4. The van der Waals surface area contributed by atoms with Crippen molar-refractivity contribution in [2.24, 2.45) is 0 Å². The number of hydrogen-bond donors (Lipinski definition) is 1. The number of nitrogens with zero attached hydrogens (tertiary/aromatic N) is 1. The molecule has 2 heterocycles. The first-order valence-electron chi connectivity index (χ1n) is 8.62. The molecule has 6 nitrogen and oxygen atoms in total. The normalized spacial score (nSPS) is 19.0. The smallest absolute Gasteiger partial charge is 0.242 e. The molecule has 0 aliphatic carbocycles. The van der Waals surface area contributed by atoms with E-state index < -0.39 is 16.1 Å². The summed E-state index contributed by atoms with van der Waals surface area (Å²) in [7, 11) is -3.41. The predicted molar refractivity (Wildman–Crippen MR) is 102 cm³/mol. The molecule has 1 aromatic heterocycles. The number of benzene rings is 2. The van der Waals surface area contributed by atoms with Crippen LogP contribution in [0.4, 0.5) is 5.69 Å². The maximum atomic E-state index is 12.7. The number of nitrogens with one attached hydrogen (secondary N) is 1. The summed E-state index contributed by atoms with van der Waals surface area (Å²) in [5.74, 6) is -0.290. The molecule has 0 radical (unpaired) electrons. The third kappa shape index (κ3) is 3.08.